The van der Waals surface area contributed by atoms with Crippen molar-refractivity contribution in [2.75, 3.05) is 32.8 Å². The third kappa shape index (κ3) is 2.07. The van der Waals surface area contributed by atoms with Crippen LogP contribution in [0.3, 0.4) is 0 Å². The van der Waals surface area contributed by atoms with Gasteiger partial charge >= 0.3 is 0 Å². The molecular weight excluding hydrogens is 178 g/mol. The maximum Gasteiger partial charge on any atom is 0.237 e. The van der Waals surface area contributed by atoms with Crippen molar-refractivity contribution in [3.63, 3.8) is 0 Å². The fraction of sp³-hybridized carbons (Fsp3) is 0.900. The van der Waals surface area contributed by atoms with Gasteiger partial charge in [0.05, 0.1) is 13.2 Å². The van der Waals surface area contributed by atoms with E-state index in [4.69, 9.17) is 0 Å². The van der Waals surface area contributed by atoms with Crippen molar-refractivity contribution in [2.24, 2.45) is 0 Å². The van der Waals surface area contributed by atoms with Gasteiger partial charge in [0.2, 0.25) is 5.91 Å². The Bertz CT molecular complexity index is 213. The van der Waals surface area contributed by atoms with Crippen molar-refractivity contribution in [3.05, 3.63) is 0 Å². The predicted molar refractivity (Wildman–Crippen MR) is 54.9 cm³/mol. The van der Waals surface area contributed by atoms with E-state index in [2.05, 4.69) is 17.1 Å². The first kappa shape index (κ1) is 9.93. The summed E-state index contributed by atoms with van der Waals surface area (Å²) in [7, 11) is 0. The number of nitrogens with zero attached hydrogens (tertiary/aromatic N) is 2. The van der Waals surface area contributed by atoms with Crippen LogP contribution in [-0.4, -0.2) is 54.6 Å². The number of amides is 1. The van der Waals surface area contributed by atoms with Gasteiger partial charge in [-0.2, -0.15) is 0 Å². The van der Waals surface area contributed by atoms with Crippen molar-refractivity contribution in [3.8, 4) is 0 Å². The summed E-state index contributed by atoms with van der Waals surface area (Å²) >= 11 is 0. The SMILES string of the molecule is CC(CN1CNCC1=O)N1CCCC1. The van der Waals surface area contributed by atoms with Gasteiger partial charge in [-0.15, -0.1) is 0 Å². The third-order valence-corrected chi connectivity index (χ3v) is 3.18. The first-order valence-electron chi connectivity index (χ1n) is 5.50. The molecule has 0 bridgehead atoms. The molecule has 0 spiro atoms. The first-order chi connectivity index (χ1) is 6.77. The minimum absolute atomic E-state index is 0.246. The van der Waals surface area contributed by atoms with Crippen molar-refractivity contribution >= 4 is 5.91 Å². The summed E-state index contributed by atoms with van der Waals surface area (Å²) in [5.74, 6) is 0.246. The Morgan fingerprint density at radius 3 is 2.71 bits per heavy atom. The molecule has 2 aliphatic heterocycles. The lowest BCUT2D eigenvalue weighted by molar-refractivity contribution is -0.127. The van der Waals surface area contributed by atoms with Crippen LogP contribution in [0.2, 0.25) is 0 Å². The Hall–Kier alpha value is -0.610. The molecule has 2 aliphatic rings. The molecule has 0 aromatic carbocycles. The number of hydrogen-bond donors (Lipinski definition) is 1. The summed E-state index contributed by atoms with van der Waals surface area (Å²) < 4.78 is 0. The number of likely N-dealkylation sites (tertiary alicyclic amines) is 1. The zero-order valence-corrected chi connectivity index (χ0v) is 8.83. The molecule has 2 saturated heterocycles. The van der Waals surface area contributed by atoms with E-state index in [1.807, 2.05) is 4.90 Å². The Morgan fingerprint density at radius 2 is 2.14 bits per heavy atom. The monoisotopic (exact) mass is 197 g/mol. The van der Waals surface area contributed by atoms with E-state index in [-0.39, 0.29) is 5.91 Å². The Balaban J connectivity index is 1.80. The average Bonchev–Trinajstić information content (AvgIpc) is 2.77. The van der Waals surface area contributed by atoms with E-state index in [0.717, 1.165) is 13.2 Å². The van der Waals surface area contributed by atoms with Crippen LogP contribution in [0.25, 0.3) is 0 Å². The molecule has 0 aromatic heterocycles. The molecule has 4 nitrogen and oxygen atoms in total. The molecule has 80 valence electrons. The molecule has 0 radical (unpaired) electrons. The fourth-order valence-electron chi connectivity index (χ4n) is 2.28. The Labute approximate surface area is 85.2 Å². The van der Waals surface area contributed by atoms with Gasteiger partial charge in [0, 0.05) is 12.6 Å². The molecule has 0 aromatic rings. The van der Waals surface area contributed by atoms with Crippen molar-refractivity contribution in [1.29, 1.82) is 0 Å². The topological polar surface area (TPSA) is 35.6 Å². The summed E-state index contributed by atoms with van der Waals surface area (Å²) in [6, 6.07) is 0.515. The van der Waals surface area contributed by atoms with Crippen LogP contribution in [0.5, 0.6) is 0 Å². The second-order valence-electron chi connectivity index (χ2n) is 4.29. The third-order valence-electron chi connectivity index (χ3n) is 3.18. The van der Waals surface area contributed by atoms with Crippen LogP contribution in [-0.2, 0) is 4.79 Å². The van der Waals surface area contributed by atoms with Crippen LogP contribution in [0.15, 0.2) is 0 Å². The van der Waals surface area contributed by atoms with Gasteiger partial charge in [0.1, 0.15) is 0 Å². The highest BCUT2D eigenvalue weighted by Crippen LogP contribution is 2.12. The van der Waals surface area contributed by atoms with E-state index in [1.165, 1.54) is 25.9 Å². The van der Waals surface area contributed by atoms with E-state index < -0.39 is 0 Å². The molecule has 1 amide bonds. The molecule has 0 aliphatic carbocycles. The second-order valence-corrected chi connectivity index (χ2v) is 4.29. The highest BCUT2D eigenvalue weighted by atomic mass is 16.2. The second kappa shape index (κ2) is 4.28. The van der Waals surface area contributed by atoms with Gasteiger partial charge in [0.25, 0.3) is 0 Å². The van der Waals surface area contributed by atoms with Gasteiger partial charge in [-0.25, -0.2) is 0 Å². The lowest BCUT2D eigenvalue weighted by Gasteiger charge is -2.27. The average molecular weight is 197 g/mol. The predicted octanol–water partition coefficient (Wildman–Crippen LogP) is -0.140. The van der Waals surface area contributed by atoms with Gasteiger partial charge in [-0.3, -0.25) is 15.0 Å². The molecule has 2 rings (SSSR count). The molecule has 1 atom stereocenters. The van der Waals surface area contributed by atoms with Crippen LogP contribution >= 0.6 is 0 Å². The van der Waals surface area contributed by atoms with E-state index in [9.17, 15) is 4.79 Å². The van der Waals surface area contributed by atoms with Gasteiger partial charge in [-0.05, 0) is 32.9 Å². The Kier molecular flexibility index (Phi) is 3.03. The largest absolute Gasteiger partial charge is 0.327 e. The summed E-state index contributed by atoms with van der Waals surface area (Å²) in [5.41, 5.74) is 0. The van der Waals surface area contributed by atoms with Crippen molar-refractivity contribution in [1.82, 2.24) is 15.1 Å². The van der Waals surface area contributed by atoms with Crippen LogP contribution in [0.4, 0.5) is 0 Å². The standard InChI is InChI=1S/C10H19N3O/c1-9(12-4-2-3-5-12)7-13-8-11-6-10(13)14/h9,11H,2-8H2,1H3. The molecule has 2 fully saturated rings. The lowest BCUT2D eigenvalue weighted by atomic mass is 10.3. The normalized spacial score (nSPS) is 26.1. The van der Waals surface area contributed by atoms with Gasteiger partial charge in [0.15, 0.2) is 0 Å². The highest BCUT2D eigenvalue weighted by Gasteiger charge is 2.25. The fourth-order valence-corrected chi connectivity index (χ4v) is 2.28. The Morgan fingerprint density at radius 1 is 1.43 bits per heavy atom. The van der Waals surface area contributed by atoms with Gasteiger partial charge < -0.3 is 4.90 Å². The molecule has 1 N–H and O–H groups in total. The smallest absolute Gasteiger partial charge is 0.237 e. The summed E-state index contributed by atoms with van der Waals surface area (Å²) in [6.07, 6.45) is 2.63. The number of carbonyl (C=O) groups is 1. The van der Waals surface area contributed by atoms with Crippen LogP contribution < -0.4 is 5.32 Å². The number of carbonyl (C=O) groups excluding carboxylic acids is 1. The number of rotatable bonds is 3. The highest BCUT2D eigenvalue weighted by molar-refractivity contribution is 5.80. The molecule has 4 heteroatoms. The maximum atomic E-state index is 11.4. The zero-order chi connectivity index (χ0) is 9.97. The molecule has 0 saturated carbocycles. The zero-order valence-electron chi connectivity index (χ0n) is 8.83. The summed E-state index contributed by atoms with van der Waals surface area (Å²) in [4.78, 5) is 15.8. The molecular formula is C10H19N3O. The van der Waals surface area contributed by atoms with Gasteiger partial charge in [-0.1, -0.05) is 0 Å². The minimum atomic E-state index is 0.246. The maximum absolute atomic E-state index is 11.4. The molecule has 14 heavy (non-hydrogen) atoms. The van der Waals surface area contributed by atoms with Crippen LogP contribution in [0.1, 0.15) is 19.8 Å². The van der Waals surface area contributed by atoms with E-state index in [1.54, 1.807) is 0 Å². The quantitative estimate of drug-likeness (QED) is 0.684. The number of nitrogens with one attached hydrogen (secondary N) is 1. The molecule has 1 unspecified atom stereocenters. The van der Waals surface area contributed by atoms with E-state index in [0.29, 0.717) is 12.6 Å². The van der Waals surface area contributed by atoms with Crippen LogP contribution in [0, 0.1) is 0 Å². The lowest BCUT2D eigenvalue weighted by Crippen LogP contribution is -2.41. The minimum Gasteiger partial charge on any atom is -0.327 e. The molecule has 2 heterocycles. The van der Waals surface area contributed by atoms with E-state index >= 15 is 0 Å². The summed E-state index contributed by atoms with van der Waals surface area (Å²) in [5, 5.41) is 3.08. The van der Waals surface area contributed by atoms with Crippen molar-refractivity contribution < 1.29 is 4.79 Å². The first-order valence-corrected chi connectivity index (χ1v) is 5.50. The number of hydrogen-bond acceptors (Lipinski definition) is 3. The summed E-state index contributed by atoms with van der Waals surface area (Å²) in [6.45, 7) is 6.76. The van der Waals surface area contributed by atoms with Crippen molar-refractivity contribution in [2.45, 2.75) is 25.8 Å².